The van der Waals surface area contributed by atoms with Crippen molar-refractivity contribution in [1.82, 2.24) is 5.32 Å². The summed E-state index contributed by atoms with van der Waals surface area (Å²) in [5.41, 5.74) is 0.632. The first-order valence-corrected chi connectivity index (χ1v) is 8.37. The summed E-state index contributed by atoms with van der Waals surface area (Å²) < 4.78 is 0.731. The van der Waals surface area contributed by atoms with Crippen LogP contribution in [0.4, 0.5) is 0 Å². The summed E-state index contributed by atoms with van der Waals surface area (Å²) in [6.45, 7) is 6.37. The van der Waals surface area contributed by atoms with Crippen LogP contribution in [-0.2, 0) is 0 Å². The summed E-state index contributed by atoms with van der Waals surface area (Å²) in [6.07, 6.45) is 0.893. The Morgan fingerprint density at radius 2 is 2.05 bits per heavy atom. The van der Waals surface area contributed by atoms with Crippen LogP contribution >= 0.6 is 43.5 Å². The maximum atomic E-state index is 12.2. The van der Waals surface area contributed by atoms with Gasteiger partial charge in [-0.05, 0) is 46.0 Å². The summed E-state index contributed by atoms with van der Waals surface area (Å²) in [4.78, 5) is 12.2. The fourth-order valence-corrected chi connectivity index (χ4v) is 2.66. The van der Waals surface area contributed by atoms with Gasteiger partial charge in [0.25, 0.3) is 5.91 Å². The van der Waals surface area contributed by atoms with Crippen molar-refractivity contribution in [2.45, 2.75) is 33.2 Å². The molecule has 0 fully saturated rings. The molecule has 5 heteroatoms. The van der Waals surface area contributed by atoms with Gasteiger partial charge in [-0.2, -0.15) is 0 Å². The summed E-state index contributed by atoms with van der Waals surface area (Å²) in [5, 5.41) is 4.55. The maximum absolute atomic E-state index is 12.2. The molecule has 0 heterocycles. The van der Waals surface area contributed by atoms with Gasteiger partial charge in [0, 0.05) is 21.4 Å². The minimum absolute atomic E-state index is 0.0209. The SMILES string of the molecule is CC(C)(C)C(CCBr)NC(=O)c1ccc(Cl)c(Br)c1. The normalized spacial score (nSPS) is 13.2. The van der Waals surface area contributed by atoms with Gasteiger partial charge in [0.15, 0.2) is 0 Å². The monoisotopic (exact) mass is 409 g/mol. The molecule has 0 radical (unpaired) electrons. The van der Waals surface area contributed by atoms with E-state index < -0.39 is 0 Å². The zero-order valence-corrected chi connectivity index (χ0v) is 15.2. The number of halogens is 3. The fourth-order valence-electron chi connectivity index (χ4n) is 1.71. The average Bonchev–Trinajstić information content (AvgIpc) is 2.30. The van der Waals surface area contributed by atoms with Crippen LogP contribution in [0.25, 0.3) is 0 Å². The van der Waals surface area contributed by atoms with Crippen LogP contribution in [0.5, 0.6) is 0 Å². The quantitative estimate of drug-likeness (QED) is 0.692. The Labute approximate surface area is 136 Å². The molecule has 1 aromatic rings. The molecule has 1 atom stereocenters. The van der Waals surface area contributed by atoms with Crippen LogP contribution in [0.1, 0.15) is 37.6 Å². The second-order valence-corrected chi connectivity index (χ2v) is 7.55. The first-order chi connectivity index (χ1) is 8.75. The molecular formula is C14H18Br2ClNO. The number of carbonyl (C=O) groups is 1. The molecule has 0 aliphatic rings. The third kappa shape index (κ3) is 5.09. The number of alkyl halides is 1. The highest BCUT2D eigenvalue weighted by Gasteiger charge is 2.26. The van der Waals surface area contributed by atoms with E-state index in [1.807, 2.05) is 0 Å². The van der Waals surface area contributed by atoms with E-state index in [-0.39, 0.29) is 17.4 Å². The van der Waals surface area contributed by atoms with Crippen molar-refractivity contribution in [3.8, 4) is 0 Å². The number of benzene rings is 1. The van der Waals surface area contributed by atoms with E-state index in [0.717, 1.165) is 16.2 Å². The molecule has 0 aliphatic carbocycles. The lowest BCUT2D eigenvalue weighted by atomic mass is 9.85. The molecule has 0 saturated heterocycles. The first kappa shape index (κ1) is 17.0. The van der Waals surface area contributed by atoms with Crippen molar-refractivity contribution < 1.29 is 4.79 Å². The number of hydrogen-bond acceptors (Lipinski definition) is 1. The second-order valence-electron chi connectivity index (χ2n) is 5.50. The van der Waals surface area contributed by atoms with Crippen molar-refractivity contribution in [3.05, 3.63) is 33.3 Å². The van der Waals surface area contributed by atoms with Gasteiger partial charge in [-0.1, -0.05) is 48.3 Å². The molecule has 0 spiro atoms. The summed E-state index contributed by atoms with van der Waals surface area (Å²) in [6, 6.07) is 5.31. The number of carbonyl (C=O) groups excluding carboxylic acids is 1. The topological polar surface area (TPSA) is 29.1 Å². The second kappa shape index (κ2) is 7.09. The highest BCUT2D eigenvalue weighted by atomic mass is 79.9. The molecule has 1 aromatic carbocycles. The number of rotatable bonds is 4. The van der Waals surface area contributed by atoms with Crippen molar-refractivity contribution in [2.75, 3.05) is 5.33 Å². The average molecular weight is 412 g/mol. The Kier molecular flexibility index (Phi) is 6.34. The molecule has 0 bridgehead atoms. The smallest absolute Gasteiger partial charge is 0.251 e. The largest absolute Gasteiger partial charge is 0.349 e. The van der Waals surface area contributed by atoms with Gasteiger partial charge < -0.3 is 5.32 Å². The maximum Gasteiger partial charge on any atom is 0.251 e. The third-order valence-corrected chi connectivity index (χ3v) is 4.60. The predicted octanol–water partition coefficient (Wildman–Crippen LogP) is 5.03. The van der Waals surface area contributed by atoms with E-state index in [4.69, 9.17) is 11.6 Å². The van der Waals surface area contributed by atoms with E-state index in [1.165, 1.54) is 0 Å². The molecule has 106 valence electrons. The van der Waals surface area contributed by atoms with Gasteiger partial charge in [0.05, 0.1) is 5.02 Å². The van der Waals surface area contributed by atoms with Crippen LogP contribution in [0, 0.1) is 5.41 Å². The predicted molar refractivity (Wildman–Crippen MR) is 88.3 cm³/mol. The lowest BCUT2D eigenvalue weighted by molar-refractivity contribution is 0.0900. The van der Waals surface area contributed by atoms with Crippen LogP contribution in [0.3, 0.4) is 0 Å². The van der Waals surface area contributed by atoms with Crippen LogP contribution in [0.15, 0.2) is 22.7 Å². The van der Waals surface area contributed by atoms with Gasteiger partial charge in [-0.15, -0.1) is 0 Å². The molecule has 1 unspecified atom stereocenters. The molecule has 0 saturated carbocycles. The Morgan fingerprint density at radius 1 is 1.42 bits per heavy atom. The third-order valence-electron chi connectivity index (χ3n) is 2.93. The summed E-state index contributed by atoms with van der Waals surface area (Å²) in [7, 11) is 0. The summed E-state index contributed by atoms with van der Waals surface area (Å²) in [5.74, 6) is -0.0711. The van der Waals surface area contributed by atoms with E-state index >= 15 is 0 Å². The molecule has 0 aliphatic heterocycles. The zero-order chi connectivity index (χ0) is 14.6. The molecule has 19 heavy (non-hydrogen) atoms. The highest BCUT2D eigenvalue weighted by molar-refractivity contribution is 9.10. The summed E-state index contributed by atoms with van der Waals surface area (Å²) >= 11 is 12.7. The van der Waals surface area contributed by atoms with Crippen LogP contribution in [0.2, 0.25) is 5.02 Å². The zero-order valence-electron chi connectivity index (χ0n) is 11.3. The van der Waals surface area contributed by atoms with Crippen LogP contribution in [-0.4, -0.2) is 17.3 Å². The number of nitrogens with one attached hydrogen (secondary N) is 1. The van der Waals surface area contributed by atoms with Gasteiger partial charge in [-0.25, -0.2) is 0 Å². The Balaban J connectivity index is 2.84. The van der Waals surface area contributed by atoms with E-state index in [9.17, 15) is 4.79 Å². The fraction of sp³-hybridized carbons (Fsp3) is 0.500. The van der Waals surface area contributed by atoms with E-state index in [1.54, 1.807) is 18.2 Å². The van der Waals surface area contributed by atoms with E-state index in [0.29, 0.717) is 10.6 Å². The number of hydrogen-bond donors (Lipinski definition) is 1. The minimum atomic E-state index is -0.0711. The Hall–Kier alpha value is -0.0600. The molecule has 1 N–H and O–H groups in total. The van der Waals surface area contributed by atoms with Gasteiger partial charge in [-0.3, -0.25) is 4.79 Å². The molecule has 1 rings (SSSR count). The molecule has 0 aromatic heterocycles. The molecule has 2 nitrogen and oxygen atoms in total. The highest BCUT2D eigenvalue weighted by Crippen LogP contribution is 2.25. The van der Waals surface area contributed by atoms with E-state index in [2.05, 4.69) is 57.9 Å². The molecular weight excluding hydrogens is 393 g/mol. The number of amides is 1. The van der Waals surface area contributed by atoms with Crippen molar-refractivity contribution in [1.29, 1.82) is 0 Å². The van der Waals surface area contributed by atoms with Crippen LogP contribution < -0.4 is 5.32 Å². The van der Waals surface area contributed by atoms with Gasteiger partial charge in [0.1, 0.15) is 0 Å². The van der Waals surface area contributed by atoms with Crippen molar-refractivity contribution in [3.63, 3.8) is 0 Å². The van der Waals surface area contributed by atoms with Crippen molar-refractivity contribution >= 4 is 49.4 Å². The van der Waals surface area contributed by atoms with Gasteiger partial charge >= 0.3 is 0 Å². The standard InChI is InChI=1S/C14H18Br2ClNO/c1-14(2,3)12(6-7-15)18-13(19)9-4-5-11(17)10(16)8-9/h4-5,8,12H,6-7H2,1-3H3,(H,18,19). The Bertz CT molecular complexity index is 457. The van der Waals surface area contributed by atoms with Gasteiger partial charge in [0.2, 0.25) is 0 Å². The lowest BCUT2D eigenvalue weighted by Gasteiger charge is -2.31. The lowest BCUT2D eigenvalue weighted by Crippen LogP contribution is -2.44. The molecule has 1 amide bonds. The minimum Gasteiger partial charge on any atom is -0.349 e. The first-order valence-electron chi connectivity index (χ1n) is 6.07. The van der Waals surface area contributed by atoms with Crippen molar-refractivity contribution in [2.24, 2.45) is 5.41 Å². The Morgan fingerprint density at radius 3 is 2.53 bits per heavy atom.